The molecule has 0 saturated heterocycles. The summed E-state index contributed by atoms with van der Waals surface area (Å²) in [7, 11) is 0. The lowest BCUT2D eigenvalue weighted by atomic mass is 10.2. The van der Waals surface area contributed by atoms with E-state index in [0.717, 1.165) is 35.4 Å². The predicted molar refractivity (Wildman–Crippen MR) is 114 cm³/mol. The Labute approximate surface area is 173 Å². The highest BCUT2D eigenvalue weighted by molar-refractivity contribution is 6.31. The molecule has 0 aliphatic heterocycles. The van der Waals surface area contributed by atoms with E-state index in [1.807, 2.05) is 48.5 Å². The van der Waals surface area contributed by atoms with E-state index in [1.54, 1.807) is 12.1 Å². The number of nitrogens with zero attached hydrogens (tertiary/aromatic N) is 1. The number of aromatic amines is 1. The molecule has 4 nitrogen and oxygen atoms in total. The van der Waals surface area contributed by atoms with Crippen molar-refractivity contribution in [2.75, 3.05) is 6.54 Å². The molecular formula is C23H21ClFN3O. The van der Waals surface area contributed by atoms with Crippen molar-refractivity contribution in [3.05, 3.63) is 94.5 Å². The van der Waals surface area contributed by atoms with Gasteiger partial charge in [0, 0.05) is 25.1 Å². The maximum atomic E-state index is 13.9. The van der Waals surface area contributed by atoms with E-state index >= 15 is 0 Å². The van der Waals surface area contributed by atoms with Crippen molar-refractivity contribution in [1.29, 1.82) is 0 Å². The van der Waals surface area contributed by atoms with Crippen LogP contribution in [0.15, 0.2) is 66.7 Å². The molecule has 4 aromatic rings. The molecule has 1 aromatic heterocycles. The minimum Gasteiger partial charge on any atom is -0.489 e. The Morgan fingerprint density at radius 3 is 2.76 bits per heavy atom. The summed E-state index contributed by atoms with van der Waals surface area (Å²) in [5, 5.41) is 3.79. The number of halogens is 2. The molecule has 0 unspecified atom stereocenters. The van der Waals surface area contributed by atoms with Crippen molar-refractivity contribution in [1.82, 2.24) is 15.3 Å². The smallest absolute Gasteiger partial charge is 0.131 e. The summed E-state index contributed by atoms with van der Waals surface area (Å²) in [6, 6.07) is 20.4. The molecule has 6 heteroatoms. The van der Waals surface area contributed by atoms with Gasteiger partial charge in [-0.25, -0.2) is 9.37 Å². The third-order valence-corrected chi connectivity index (χ3v) is 5.00. The molecule has 0 radical (unpaired) electrons. The molecule has 0 amide bonds. The van der Waals surface area contributed by atoms with Crippen LogP contribution in [-0.2, 0) is 19.6 Å². The van der Waals surface area contributed by atoms with Crippen LogP contribution in [0.1, 0.15) is 17.0 Å². The molecule has 0 spiro atoms. The van der Waals surface area contributed by atoms with Crippen LogP contribution in [0.25, 0.3) is 11.0 Å². The molecule has 0 fully saturated rings. The highest BCUT2D eigenvalue weighted by Gasteiger charge is 2.08. The Kier molecular flexibility index (Phi) is 6.08. The number of aromatic nitrogens is 2. The van der Waals surface area contributed by atoms with E-state index in [2.05, 4.69) is 15.3 Å². The molecule has 2 N–H and O–H groups in total. The van der Waals surface area contributed by atoms with Gasteiger partial charge in [-0.2, -0.15) is 0 Å². The molecular weight excluding hydrogens is 389 g/mol. The number of para-hydroxylation sites is 2. The zero-order valence-electron chi connectivity index (χ0n) is 15.8. The van der Waals surface area contributed by atoms with Crippen molar-refractivity contribution in [3.63, 3.8) is 0 Å². The van der Waals surface area contributed by atoms with Crippen molar-refractivity contribution in [2.24, 2.45) is 0 Å². The zero-order chi connectivity index (χ0) is 20.1. The minimum absolute atomic E-state index is 0.0917. The van der Waals surface area contributed by atoms with E-state index in [1.165, 1.54) is 6.07 Å². The van der Waals surface area contributed by atoms with Crippen LogP contribution < -0.4 is 10.1 Å². The monoisotopic (exact) mass is 409 g/mol. The highest BCUT2D eigenvalue weighted by Crippen LogP contribution is 2.22. The fourth-order valence-electron chi connectivity index (χ4n) is 3.13. The number of hydrogen-bond donors (Lipinski definition) is 2. The molecule has 3 aromatic carbocycles. The number of rotatable bonds is 8. The number of imidazole rings is 1. The lowest BCUT2D eigenvalue weighted by Gasteiger charge is -2.10. The number of hydrogen-bond acceptors (Lipinski definition) is 3. The van der Waals surface area contributed by atoms with Crippen LogP contribution in [0.5, 0.6) is 5.75 Å². The molecule has 0 aliphatic carbocycles. The second kappa shape index (κ2) is 9.07. The summed E-state index contributed by atoms with van der Waals surface area (Å²) in [6.07, 6.45) is 0.816. The van der Waals surface area contributed by atoms with E-state index in [9.17, 15) is 4.39 Å². The highest BCUT2D eigenvalue weighted by atomic mass is 35.5. The molecule has 29 heavy (non-hydrogen) atoms. The van der Waals surface area contributed by atoms with Gasteiger partial charge in [0.15, 0.2) is 0 Å². The van der Waals surface area contributed by atoms with Crippen LogP contribution in [0.4, 0.5) is 4.39 Å². The number of nitrogens with one attached hydrogen (secondary N) is 2. The quantitative estimate of drug-likeness (QED) is 0.390. The fourth-order valence-corrected chi connectivity index (χ4v) is 3.35. The molecule has 1 heterocycles. The Morgan fingerprint density at radius 1 is 1.03 bits per heavy atom. The fraction of sp³-hybridized carbons (Fsp3) is 0.174. The second-order valence-corrected chi connectivity index (χ2v) is 7.17. The van der Waals surface area contributed by atoms with Crippen molar-refractivity contribution < 1.29 is 9.13 Å². The molecule has 0 atom stereocenters. The summed E-state index contributed by atoms with van der Waals surface area (Å²) in [5.74, 6) is 1.29. The minimum atomic E-state index is -0.360. The van der Waals surface area contributed by atoms with Crippen molar-refractivity contribution in [2.45, 2.75) is 19.6 Å². The van der Waals surface area contributed by atoms with E-state index < -0.39 is 0 Å². The normalized spacial score (nSPS) is 11.1. The van der Waals surface area contributed by atoms with Gasteiger partial charge >= 0.3 is 0 Å². The van der Waals surface area contributed by atoms with Crippen LogP contribution in [0, 0.1) is 5.82 Å². The van der Waals surface area contributed by atoms with Crippen molar-refractivity contribution in [3.8, 4) is 5.75 Å². The Hall–Kier alpha value is -2.89. The maximum absolute atomic E-state index is 13.9. The summed E-state index contributed by atoms with van der Waals surface area (Å²) in [5.41, 5.74) is 3.50. The largest absolute Gasteiger partial charge is 0.489 e. The Bertz CT molecular complexity index is 1060. The number of fused-ring (bicyclic) bond motifs is 1. The number of ether oxygens (including phenoxy) is 1. The SMILES string of the molecule is Fc1cccc(Cl)c1COc1cccc(CNCCc2nc3ccccc3[nH]2)c1. The summed E-state index contributed by atoms with van der Waals surface area (Å²) in [4.78, 5) is 7.91. The molecule has 0 bridgehead atoms. The van der Waals surface area contributed by atoms with Crippen LogP contribution in [0.2, 0.25) is 5.02 Å². The summed E-state index contributed by atoms with van der Waals surface area (Å²) < 4.78 is 19.6. The van der Waals surface area contributed by atoms with Gasteiger partial charge < -0.3 is 15.0 Å². The first kappa shape index (κ1) is 19.4. The van der Waals surface area contributed by atoms with Crippen molar-refractivity contribution >= 4 is 22.6 Å². The van der Waals surface area contributed by atoms with E-state index in [0.29, 0.717) is 22.9 Å². The van der Waals surface area contributed by atoms with Gasteiger partial charge in [0.1, 0.15) is 24.0 Å². The maximum Gasteiger partial charge on any atom is 0.131 e. The first-order chi connectivity index (χ1) is 14.2. The summed E-state index contributed by atoms with van der Waals surface area (Å²) in [6.45, 7) is 1.60. The van der Waals surface area contributed by atoms with E-state index in [-0.39, 0.29) is 12.4 Å². The van der Waals surface area contributed by atoms with Crippen LogP contribution >= 0.6 is 11.6 Å². The number of benzene rings is 3. The topological polar surface area (TPSA) is 49.9 Å². The molecule has 148 valence electrons. The third-order valence-electron chi connectivity index (χ3n) is 4.65. The first-order valence-corrected chi connectivity index (χ1v) is 9.86. The van der Waals surface area contributed by atoms with Gasteiger partial charge in [-0.1, -0.05) is 41.9 Å². The zero-order valence-corrected chi connectivity index (χ0v) is 16.5. The average Bonchev–Trinajstić information content (AvgIpc) is 3.14. The number of H-pyrrole nitrogens is 1. The van der Waals surface area contributed by atoms with Gasteiger partial charge in [0.05, 0.1) is 16.1 Å². The predicted octanol–water partition coefficient (Wildman–Crippen LogP) is 5.27. The van der Waals surface area contributed by atoms with E-state index in [4.69, 9.17) is 16.3 Å². The van der Waals surface area contributed by atoms with Gasteiger partial charge in [0.2, 0.25) is 0 Å². The molecule has 4 rings (SSSR count). The van der Waals surface area contributed by atoms with Gasteiger partial charge in [0.25, 0.3) is 0 Å². The standard InChI is InChI=1S/C23H21ClFN3O/c24-19-7-4-8-20(25)18(19)15-29-17-6-3-5-16(13-17)14-26-12-11-23-27-21-9-1-2-10-22(21)28-23/h1-10,13,26H,11-12,14-15H2,(H,27,28). The second-order valence-electron chi connectivity index (χ2n) is 6.76. The Balaban J connectivity index is 1.28. The first-order valence-electron chi connectivity index (χ1n) is 9.48. The van der Waals surface area contributed by atoms with Crippen LogP contribution in [0.3, 0.4) is 0 Å². The lowest BCUT2D eigenvalue weighted by molar-refractivity contribution is 0.299. The lowest BCUT2D eigenvalue weighted by Crippen LogP contribution is -2.17. The van der Waals surface area contributed by atoms with Crippen LogP contribution in [-0.4, -0.2) is 16.5 Å². The molecule has 0 aliphatic rings. The average molecular weight is 410 g/mol. The van der Waals surface area contributed by atoms with Gasteiger partial charge in [-0.15, -0.1) is 0 Å². The van der Waals surface area contributed by atoms with Gasteiger partial charge in [-0.05, 0) is 42.0 Å². The third kappa shape index (κ3) is 4.94. The molecule has 0 saturated carbocycles. The summed E-state index contributed by atoms with van der Waals surface area (Å²) >= 11 is 6.05. The Morgan fingerprint density at radius 2 is 1.90 bits per heavy atom. The van der Waals surface area contributed by atoms with Gasteiger partial charge in [-0.3, -0.25) is 0 Å².